The van der Waals surface area contributed by atoms with Crippen molar-refractivity contribution in [3.05, 3.63) is 64.6 Å². The van der Waals surface area contributed by atoms with E-state index in [9.17, 15) is 26.8 Å². The maximum atomic E-state index is 12.8. The van der Waals surface area contributed by atoms with Gasteiger partial charge in [-0.05, 0) is 12.1 Å². The fraction of sp³-hybridized carbons (Fsp3) is 0.263. The van der Waals surface area contributed by atoms with Crippen LogP contribution in [-0.2, 0) is 41.0 Å². The van der Waals surface area contributed by atoms with Gasteiger partial charge in [-0.3, -0.25) is 14.0 Å². The molecule has 0 unspecified atom stereocenters. The third kappa shape index (κ3) is 3.71. The average Bonchev–Trinajstić information content (AvgIpc) is 3.51. The van der Waals surface area contributed by atoms with Crippen molar-refractivity contribution < 1.29 is 22.0 Å². The number of hydrogen-bond donors (Lipinski definition) is 1. The van der Waals surface area contributed by atoms with Gasteiger partial charge in [0.15, 0.2) is 0 Å². The van der Waals surface area contributed by atoms with E-state index < -0.39 is 28.7 Å². The number of imidazole rings is 1. The number of halogens is 2. The first kappa shape index (κ1) is 21.1. The third-order valence-electron chi connectivity index (χ3n) is 5.36. The average molecular weight is 477 g/mol. The number of rotatable bonds is 6. The number of carbonyl (C=O) groups is 1. The predicted molar refractivity (Wildman–Crippen MR) is 110 cm³/mol. The number of aromatic nitrogens is 6. The molecule has 0 fully saturated rings. The van der Waals surface area contributed by atoms with Gasteiger partial charge in [0.25, 0.3) is 16.4 Å². The summed E-state index contributed by atoms with van der Waals surface area (Å²) in [7, 11) is -4.12. The second-order valence-electron chi connectivity index (χ2n) is 7.55. The van der Waals surface area contributed by atoms with Crippen LogP contribution in [0.5, 0.6) is 0 Å². The predicted octanol–water partition coefficient (Wildman–Crippen LogP) is 0.767. The molecule has 11 nitrogen and oxygen atoms in total. The fourth-order valence-electron chi connectivity index (χ4n) is 3.75. The minimum Gasteiger partial charge on any atom is -0.331 e. The number of benzene rings is 1. The Labute approximate surface area is 184 Å². The Kier molecular flexibility index (Phi) is 4.88. The lowest BCUT2D eigenvalue weighted by atomic mass is 10.3. The normalized spacial score (nSPS) is 13.8. The highest BCUT2D eigenvalue weighted by atomic mass is 32.2. The van der Waals surface area contributed by atoms with Gasteiger partial charge in [0.1, 0.15) is 18.0 Å². The molecule has 0 saturated heterocycles. The number of alkyl halides is 2. The number of nitrogens with zero attached hydrogens (tertiary/aromatic N) is 6. The summed E-state index contributed by atoms with van der Waals surface area (Å²) in [4.78, 5) is 28.9. The van der Waals surface area contributed by atoms with E-state index in [1.807, 2.05) is 0 Å². The van der Waals surface area contributed by atoms with Crippen LogP contribution in [0.25, 0.3) is 11.0 Å². The number of carbonyl (C=O) groups excluding carboxylic acids is 1. The zero-order valence-electron chi connectivity index (χ0n) is 16.9. The Morgan fingerprint density at radius 2 is 1.97 bits per heavy atom. The fourth-order valence-corrected chi connectivity index (χ4v) is 4.88. The number of hydrogen-bond acceptors (Lipinski definition) is 6. The monoisotopic (exact) mass is 477 g/mol. The number of para-hydroxylation sites is 2. The van der Waals surface area contributed by atoms with Crippen molar-refractivity contribution in [1.82, 2.24) is 33.4 Å². The molecular formula is C19H17F2N7O4S. The Morgan fingerprint density at radius 1 is 1.18 bits per heavy atom. The molecule has 1 aliphatic heterocycles. The van der Waals surface area contributed by atoms with Gasteiger partial charge in [0, 0.05) is 24.5 Å². The molecule has 0 aliphatic carbocycles. The van der Waals surface area contributed by atoms with Crippen LogP contribution >= 0.6 is 0 Å². The molecule has 0 bridgehead atoms. The van der Waals surface area contributed by atoms with Gasteiger partial charge in [0.2, 0.25) is 5.91 Å². The Hall–Kier alpha value is -3.81. The summed E-state index contributed by atoms with van der Waals surface area (Å²) in [6.45, 7) is -0.680. The molecule has 1 aliphatic rings. The van der Waals surface area contributed by atoms with Gasteiger partial charge in [-0.2, -0.15) is 22.7 Å². The molecule has 0 radical (unpaired) electrons. The van der Waals surface area contributed by atoms with Crippen LogP contribution in [0, 0.1) is 0 Å². The number of nitrogens with one attached hydrogen (secondary N) is 1. The highest BCUT2D eigenvalue weighted by Gasteiger charge is 2.30. The van der Waals surface area contributed by atoms with Gasteiger partial charge >= 0.3 is 5.69 Å². The number of aromatic amines is 1. The lowest BCUT2D eigenvalue weighted by Crippen LogP contribution is -2.32. The summed E-state index contributed by atoms with van der Waals surface area (Å²) < 4.78 is 53.5. The van der Waals surface area contributed by atoms with Gasteiger partial charge < -0.3 is 9.88 Å². The van der Waals surface area contributed by atoms with Crippen LogP contribution < -0.4 is 5.69 Å². The maximum Gasteiger partial charge on any atom is 0.326 e. The molecule has 33 heavy (non-hydrogen) atoms. The van der Waals surface area contributed by atoms with E-state index in [2.05, 4.69) is 15.2 Å². The smallest absolute Gasteiger partial charge is 0.326 e. The summed E-state index contributed by atoms with van der Waals surface area (Å²) >= 11 is 0. The molecule has 1 aromatic carbocycles. The van der Waals surface area contributed by atoms with Crippen LogP contribution in [0.4, 0.5) is 8.78 Å². The molecule has 4 heterocycles. The van der Waals surface area contributed by atoms with Gasteiger partial charge in [-0.15, -0.1) is 0 Å². The molecule has 4 aromatic rings. The molecular weight excluding hydrogens is 460 g/mol. The summed E-state index contributed by atoms with van der Waals surface area (Å²) in [5, 5.41) is 7.73. The van der Waals surface area contributed by atoms with Crippen molar-refractivity contribution in [2.24, 2.45) is 0 Å². The standard InChI is InChI=1S/C19H17F2N7O4S/c20-17(21)10-26-8-13(5-22-26)33(31,32)28-7-12-6-25(9-15(12)24-28)18(29)11-27-16-4-2-1-3-14(16)23-19(27)30/h1-5,7-8,17H,6,9-11H2,(H,23,30). The maximum absolute atomic E-state index is 12.8. The molecule has 14 heteroatoms. The van der Waals surface area contributed by atoms with Crippen molar-refractivity contribution in [3.8, 4) is 0 Å². The minimum atomic E-state index is -4.12. The van der Waals surface area contributed by atoms with Crippen molar-refractivity contribution in [1.29, 1.82) is 0 Å². The number of H-pyrrole nitrogens is 1. The molecule has 0 atom stereocenters. The van der Waals surface area contributed by atoms with E-state index in [1.165, 1.54) is 15.7 Å². The second-order valence-corrected chi connectivity index (χ2v) is 9.35. The molecule has 3 aromatic heterocycles. The highest BCUT2D eigenvalue weighted by molar-refractivity contribution is 7.89. The van der Waals surface area contributed by atoms with Crippen LogP contribution in [0.3, 0.4) is 0 Å². The molecule has 0 saturated carbocycles. The quantitative estimate of drug-likeness (QED) is 0.437. The van der Waals surface area contributed by atoms with Crippen LogP contribution in [0.1, 0.15) is 11.3 Å². The largest absolute Gasteiger partial charge is 0.331 e. The summed E-state index contributed by atoms with van der Waals surface area (Å²) in [6, 6.07) is 7.02. The van der Waals surface area contributed by atoms with Gasteiger partial charge in [0.05, 0.1) is 29.5 Å². The molecule has 1 amide bonds. The van der Waals surface area contributed by atoms with Crippen molar-refractivity contribution in [2.45, 2.75) is 37.5 Å². The van der Waals surface area contributed by atoms with E-state index >= 15 is 0 Å². The first-order chi connectivity index (χ1) is 15.7. The van der Waals surface area contributed by atoms with E-state index in [0.717, 1.165) is 21.2 Å². The Morgan fingerprint density at radius 3 is 2.73 bits per heavy atom. The Balaban J connectivity index is 1.32. The highest BCUT2D eigenvalue weighted by Crippen LogP contribution is 2.24. The molecule has 0 spiro atoms. The lowest BCUT2D eigenvalue weighted by Gasteiger charge is -2.16. The van der Waals surface area contributed by atoms with Gasteiger partial charge in [-0.25, -0.2) is 13.6 Å². The third-order valence-corrected chi connectivity index (χ3v) is 6.85. The molecule has 5 rings (SSSR count). The van der Waals surface area contributed by atoms with E-state index in [4.69, 9.17) is 0 Å². The summed E-state index contributed by atoms with van der Waals surface area (Å²) in [5.41, 5.74) is 1.77. The zero-order valence-corrected chi connectivity index (χ0v) is 17.7. The topological polar surface area (TPSA) is 128 Å². The van der Waals surface area contributed by atoms with E-state index in [-0.39, 0.29) is 30.4 Å². The zero-order chi connectivity index (χ0) is 23.3. The van der Waals surface area contributed by atoms with Crippen LogP contribution in [0.2, 0.25) is 0 Å². The summed E-state index contributed by atoms with van der Waals surface area (Å²) in [5.74, 6) is -0.317. The first-order valence-electron chi connectivity index (χ1n) is 9.81. The first-order valence-corrected chi connectivity index (χ1v) is 11.3. The van der Waals surface area contributed by atoms with Crippen molar-refractivity contribution in [3.63, 3.8) is 0 Å². The SMILES string of the molecule is O=C(Cn1c(=O)[nH]c2ccccc21)N1Cc2cn(S(=O)(=O)c3cnn(CC(F)F)c3)nc2C1. The van der Waals surface area contributed by atoms with Crippen molar-refractivity contribution in [2.75, 3.05) is 0 Å². The van der Waals surface area contributed by atoms with E-state index in [0.29, 0.717) is 22.3 Å². The minimum absolute atomic E-state index is 0.0818. The second kappa shape index (κ2) is 7.65. The van der Waals surface area contributed by atoms with Crippen LogP contribution in [0.15, 0.2) is 52.5 Å². The lowest BCUT2D eigenvalue weighted by molar-refractivity contribution is -0.132. The molecule has 172 valence electrons. The molecule has 1 N–H and O–H groups in total. The van der Waals surface area contributed by atoms with Gasteiger partial charge in [-0.1, -0.05) is 12.1 Å². The number of amides is 1. The number of fused-ring (bicyclic) bond motifs is 2. The Bertz CT molecular complexity index is 1510. The van der Waals surface area contributed by atoms with Crippen molar-refractivity contribution >= 4 is 27.0 Å². The van der Waals surface area contributed by atoms with Crippen LogP contribution in [-0.4, -0.2) is 54.2 Å². The van der Waals surface area contributed by atoms with E-state index in [1.54, 1.807) is 24.3 Å². The summed E-state index contributed by atoms with van der Waals surface area (Å²) in [6.07, 6.45) is 0.625.